The Morgan fingerprint density at radius 1 is 1.13 bits per heavy atom. The molecule has 5 fully saturated rings. The number of methoxy groups -OCH3 is 1. The number of aliphatic hydroxyl groups is 1. The van der Waals surface area contributed by atoms with Crippen LogP contribution in [0.15, 0.2) is 0 Å². The highest BCUT2D eigenvalue weighted by Gasteiger charge is 2.88. The Morgan fingerprint density at radius 2 is 1.81 bits per heavy atom. The summed E-state index contributed by atoms with van der Waals surface area (Å²) in [6.45, 7) is 6.55. The van der Waals surface area contributed by atoms with Crippen molar-refractivity contribution in [3.8, 4) is 0 Å². The van der Waals surface area contributed by atoms with Gasteiger partial charge in [0.25, 0.3) is 0 Å². The van der Waals surface area contributed by atoms with E-state index in [0.717, 1.165) is 0 Å². The molecule has 5 aliphatic rings. The minimum atomic E-state index is -1.29. The fourth-order valence-electron chi connectivity index (χ4n) is 8.57. The molecular formula is C23H30O8. The maximum atomic E-state index is 14.2. The van der Waals surface area contributed by atoms with Gasteiger partial charge >= 0.3 is 17.9 Å². The van der Waals surface area contributed by atoms with Crippen LogP contribution in [-0.4, -0.2) is 53.2 Å². The highest BCUT2D eigenvalue weighted by Crippen LogP contribution is 2.79. The third-order valence-corrected chi connectivity index (χ3v) is 9.83. The maximum Gasteiger partial charge on any atom is 0.315 e. The van der Waals surface area contributed by atoms with Crippen molar-refractivity contribution in [1.82, 2.24) is 0 Å². The van der Waals surface area contributed by atoms with E-state index in [0.29, 0.717) is 25.7 Å². The lowest BCUT2D eigenvalue weighted by Crippen LogP contribution is -2.53. The highest BCUT2D eigenvalue weighted by atomic mass is 16.6. The molecule has 0 aromatic rings. The van der Waals surface area contributed by atoms with Crippen molar-refractivity contribution in [2.24, 2.45) is 34.0 Å². The molecule has 0 amide bonds. The molecule has 0 radical (unpaired) electrons. The van der Waals surface area contributed by atoms with Gasteiger partial charge in [0.05, 0.1) is 35.4 Å². The molecule has 31 heavy (non-hydrogen) atoms. The largest absolute Gasteiger partial charge is 0.469 e. The Bertz CT molecular complexity index is 925. The molecule has 0 aromatic heterocycles. The molecule has 1 heterocycles. The van der Waals surface area contributed by atoms with Crippen LogP contribution in [0.5, 0.6) is 0 Å². The smallest absolute Gasteiger partial charge is 0.315 e. The molecule has 1 N–H and O–H groups in total. The summed E-state index contributed by atoms with van der Waals surface area (Å²) in [5.41, 5.74) is -5.48. The van der Waals surface area contributed by atoms with Crippen LogP contribution < -0.4 is 0 Å². The molecule has 1 spiro atoms. The van der Waals surface area contributed by atoms with Gasteiger partial charge in [0.15, 0.2) is 0 Å². The molecule has 1 saturated heterocycles. The van der Waals surface area contributed by atoms with Crippen molar-refractivity contribution in [3.05, 3.63) is 0 Å². The molecule has 4 bridgehead atoms. The Kier molecular flexibility index (Phi) is 3.84. The summed E-state index contributed by atoms with van der Waals surface area (Å²) < 4.78 is 17.1. The summed E-state index contributed by atoms with van der Waals surface area (Å²) in [5, 5.41) is 10.9. The van der Waals surface area contributed by atoms with E-state index >= 15 is 0 Å². The standard InChI is InChI=1S/C23H30O8/c1-11(24)30-21-8-6-12-22(10-21,17(27)19(21,2)3)14(16(26)29-5)15-20(4)13(25)7-9-23(12,15)31-18(20)28/h12-15,25H,6-10H2,1-5H3/t12-,13?,14-,15-,20-,21+,22-,23-/m1/s1. The summed E-state index contributed by atoms with van der Waals surface area (Å²) in [6.07, 6.45) is 0.952. The first-order chi connectivity index (χ1) is 14.3. The summed E-state index contributed by atoms with van der Waals surface area (Å²) in [5.74, 6) is -3.67. The lowest BCUT2D eigenvalue weighted by Gasteiger charge is -2.46. The van der Waals surface area contributed by atoms with E-state index in [1.165, 1.54) is 14.0 Å². The quantitative estimate of drug-likeness (QED) is 0.514. The summed E-state index contributed by atoms with van der Waals surface area (Å²) >= 11 is 0. The second kappa shape index (κ2) is 5.69. The van der Waals surface area contributed by atoms with Crippen molar-refractivity contribution in [2.45, 2.75) is 77.1 Å². The van der Waals surface area contributed by atoms with Gasteiger partial charge in [-0.2, -0.15) is 0 Å². The summed E-state index contributed by atoms with van der Waals surface area (Å²) in [4.78, 5) is 52.6. The van der Waals surface area contributed by atoms with Crippen molar-refractivity contribution in [1.29, 1.82) is 0 Å². The van der Waals surface area contributed by atoms with Crippen molar-refractivity contribution in [3.63, 3.8) is 0 Å². The Morgan fingerprint density at radius 3 is 2.42 bits per heavy atom. The van der Waals surface area contributed by atoms with E-state index in [1.807, 2.05) is 0 Å². The normalized spacial score (nSPS) is 51.0. The van der Waals surface area contributed by atoms with Crippen molar-refractivity contribution >= 4 is 23.7 Å². The molecular weight excluding hydrogens is 404 g/mol. The number of rotatable bonds is 2. The minimum Gasteiger partial charge on any atom is -0.469 e. The van der Waals surface area contributed by atoms with Gasteiger partial charge in [0.1, 0.15) is 17.0 Å². The van der Waals surface area contributed by atoms with E-state index in [2.05, 4.69) is 0 Å². The minimum absolute atomic E-state index is 0.136. The van der Waals surface area contributed by atoms with Gasteiger partial charge in [-0.3, -0.25) is 19.2 Å². The lowest BCUT2D eigenvalue weighted by atomic mass is 9.58. The molecule has 4 saturated carbocycles. The predicted octanol–water partition coefficient (Wildman–Crippen LogP) is 1.56. The second-order valence-electron chi connectivity index (χ2n) is 11.0. The van der Waals surface area contributed by atoms with Crippen LogP contribution in [0, 0.1) is 34.0 Å². The summed E-state index contributed by atoms with van der Waals surface area (Å²) in [7, 11) is 1.28. The molecule has 1 aliphatic heterocycles. The Labute approximate surface area is 181 Å². The van der Waals surface area contributed by atoms with Crippen LogP contribution in [0.3, 0.4) is 0 Å². The van der Waals surface area contributed by atoms with Crippen molar-refractivity contribution in [2.75, 3.05) is 7.11 Å². The van der Waals surface area contributed by atoms with Crippen LogP contribution in [0.4, 0.5) is 0 Å². The number of ether oxygens (including phenoxy) is 3. The van der Waals surface area contributed by atoms with Gasteiger partial charge < -0.3 is 19.3 Å². The molecule has 5 rings (SSSR count). The fourth-order valence-corrected chi connectivity index (χ4v) is 8.57. The number of Topliss-reactive ketones (excluding diaryl/α,β-unsaturated/α-hetero) is 1. The van der Waals surface area contributed by atoms with E-state index in [4.69, 9.17) is 14.2 Å². The third kappa shape index (κ3) is 1.94. The third-order valence-electron chi connectivity index (χ3n) is 9.83. The first-order valence-corrected chi connectivity index (χ1v) is 11.1. The fraction of sp³-hybridized carbons (Fsp3) is 0.826. The van der Waals surface area contributed by atoms with Crippen LogP contribution in [0.1, 0.15) is 59.8 Å². The molecule has 1 unspecified atom stereocenters. The van der Waals surface area contributed by atoms with Gasteiger partial charge in [-0.15, -0.1) is 0 Å². The van der Waals surface area contributed by atoms with Crippen LogP contribution >= 0.6 is 0 Å². The monoisotopic (exact) mass is 434 g/mol. The SMILES string of the molecule is COC(=O)[C@H]1[C@H]2[C@@]3(CCC(O)[C@@]2(C)C(=O)O3)[C@@H]2CC[C@]3(OC(C)=O)C[C@]12C(=O)C3(C)C. The molecule has 170 valence electrons. The molecule has 4 aliphatic carbocycles. The number of ketones is 1. The topological polar surface area (TPSA) is 116 Å². The number of fused-ring (bicyclic) bond motifs is 1. The van der Waals surface area contributed by atoms with Gasteiger partial charge in [0.2, 0.25) is 0 Å². The van der Waals surface area contributed by atoms with Crippen LogP contribution in [0.2, 0.25) is 0 Å². The molecule has 8 nitrogen and oxygen atoms in total. The van der Waals surface area contributed by atoms with E-state index in [9.17, 15) is 24.3 Å². The van der Waals surface area contributed by atoms with Gasteiger partial charge in [-0.25, -0.2) is 0 Å². The molecule has 8 heteroatoms. The number of carbonyl (C=O) groups excluding carboxylic acids is 4. The first kappa shape index (κ1) is 20.9. The zero-order valence-corrected chi connectivity index (χ0v) is 18.6. The number of carbonyl (C=O) groups is 4. The number of hydrogen-bond acceptors (Lipinski definition) is 8. The van der Waals surface area contributed by atoms with Crippen LogP contribution in [-0.2, 0) is 33.4 Å². The van der Waals surface area contributed by atoms with E-state index in [1.54, 1.807) is 20.8 Å². The number of aliphatic hydroxyl groups excluding tert-OH is 1. The Hall–Kier alpha value is -1.96. The maximum absolute atomic E-state index is 14.2. The lowest BCUT2D eigenvalue weighted by molar-refractivity contribution is -0.178. The van der Waals surface area contributed by atoms with Gasteiger partial charge in [-0.1, -0.05) is 0 Å². The van der Waals surface area contributed by atoms with Gasteiger partial charge in [0, 0.05) is 25.2 Å². The average Bonchev–Trinajstić information content (AvgIpc) is 3.09. The zero-order valence-electron chi connectivity index (χ0n) is 18.6. The first-order valence-electron chi connectivity index (χ1n) is 11.1. The zero-order chi connectivity index (χ0) is 22.8. The van der Waals surface area contributed by atoms with Crippen LogP contribution in [0.25, 0.3) is 0 Å². The second-order valence-corrected chi connectivity index (χ2v) is 11.0. The predicted molar refractivity (Wildman–Crippen MR) is 104 cm³/mol. The van der Waals surface area contributed by atoms with Gasteiger partial charge in [-0.05, 0) is 46.5 Å². The highest BCUT2D eigenvalue weighted by molar-refractivity contribution is 6.00. The number of esters is 3. The summed E-state index contributed by atoms with van der Waals surface area (Å²) in [6, 6.07) is 0. The Balaban J connectivity index is 1.77. The van der Waals surface area contributed by atoms with E-state index < -0.39 is 63.3 Å². The van der Waals surface area contributed by atoms with E-state index in [-0.39, 0.29) is 18.1 Å². The van der Waals surface area contributed by atoms with Crippen molar-refractivity contribution < 1.29 is 38.5 Å². The molecule has 8 atom stereocenters. The molecule has 0 aromatic carbocycles. The average molecular weight is 434 g/mol. The number of hydrogen-bond donors (Lipinski definition) is 1.